The number of amides is 2. The van der Waals surface area contributed by atoms with E-state index in [0.29, 0.717) is 0 Å². The number of carbonyl (C=O) groups excluding carboxylic acids is 2. The van der Waals surface area contributed by atoms with E-state index in [9.17, 15) is 14.7 Å². The van der Waals surface area contributed by atoms with Gasteiger partial charge in [-0.05, 0) is 19.8 Å². The molecular formula is C11H15NO4. The molecule has 0 aromatic carbocycles. The van der Waals surface area contributed by atoms with Crippen molar-refractivity contribution in [3.8, 4) is 0 Å². The molecule has 0 spiro atoms. The zero-order valence-electron chi connectivity index (χ0n) is 9.13. The predicted octanol–water partition coefficient (Wildman–Crippen LogP) is -0.470. The lowest BCUT2D eigenvalue weighted by Gasteiger charge is -2.18. The van der Waals surface area contributed by atoms with Gasteiger partial charge in [0.2, 0.25) is 11.8 Å². The Morgan fingerprint density at radius 1 is 1.31 bits per heavy atom. The largest absolute Gasteiger partial charge is 0.392 e. The Labute approximate surface area is 93.4 Å². The van der Waals surface area contributed by atoms with Crippen molar-refractivity contribution >= 4 is 11.8 Å². The highest BCUT2D eigenvalue weighted by atomic mass is 16.5. The van der Waals surface area contributed by atoms with Gasteiger partial charge in [0.1, 0.15) is 0 Å². The number of likely N-dealkylation sites (tertiary alicyclic amines) is 1. The molecule has 0 aromatic rings. The van der Waals surface area contributed by atoms with Crippen molar-refractivity contribution in [2.24, 2.45) is 11.8 Å². The fourth-order valence-electron chi connectivity index (χ4n) is 3.22. The van der Waals surface area contributed by atoms with E-state index in [2.05, 4.69) is 0 Å². The number of fused-ring (bicyclic) bond motifs is 5. The Morgan fingerprint density at radius 2 is 1.81 bits per heavy atom. The first-order valence-corrected chi connectivity index (χ1v) is 5.78. The van der Waals surface area contributed by atoms with Gasteiger partial charge in [-0.15, -0.1) is 0 Å². The number of ether oxygens (including phenoxy) is 1. The third-order valence-electron chi connectivity index (χ3n) is 3.82. The minimum atomic E-state index is -0.662. The van der Waals surface area contributed by atoms with E-state index < -0.39 is 6.10 Å². The predicted molar refractivity (Wildman–Crippen MR) is 53.3 cm³/mol. The number of imide groups is 1. The van der Waals surface area contributed by atoms with Gasteiger partial charge in [0, 0.05) is 0 Å². The van der Waals surface area contributed by atoms with Crippen LogP contribution in [0, 0.1) is 11.8 Å². The topological polar surface area (TPSA) is 66.8 Å². The molecule has 3 rings (SSSR count). The zero-order valence-corrected chi connectivity index (χ0v) is 9.13. The van der Waals surface area contributed by atoms with Crippen molar-refractivity contribution in [3.05, 3.63) is 0 Å². The maximum atomic E-state index is 12.0. The molecule has 3 aliphatic rings. The Bertz CT molecular complexity index is 326. The van der Waals surface area contributed by atoms with E-state index in [1.165, 1.54) is 4.90 Å². The van der Waals surface area contributed by atoms with Crippen molar-refractivity contribution in [3.63, 3.8) is 0 Å². The maximum absolute atomic E-state index is 12.0. The molecule has 88 valence electrons. The van der Waals surface area contributed by atoms with Crippen LogP contribution in [0.2, 0.25) is 0 Å². The summed E-state index contributed by atoms with van der Waals surface area (Å²) >= 11 is 0. The van der Waals surface area contributed by atoms with Gasteiger partial charge >= 0.3 is 0 Å². The molecule has 3 heterocycles. The first-order valence-electron chi connectivity index (χ1n) is 5.78. The summed E-state index contributed by atoms with van der Waals surface area (Å²) in [5.41, 5.74) is 0. The number of rotatable bonds is 2. The molecular weight excluding hydrogens is 210 g/mol. The van der Waals surface area contributed by atoms with Crippen LogP contribution in [0.25, 0.3) is 0 Å². The highest BCUT2D eigenvalue weighted by molar-refractivity contribution is 6.06. The molecule has 2 amide bonds. The van der Waals surface area contributed by atoms with E-state index in [4.69, 9.17) is 4.74 Å². The number of aliphatic hydroxyl groups is 1. The molecule has 5 atom stereocenters. The lowest BCUT2D eigenvalue weighted by molar-refractivity contribution is -0.144. The van der Waals surface area contributed by atoms with E-state index in [1.54, 1.807) is 6.92 Å². The van der Waals surface area contributed by atoms with E-state index in [1.807, 2.05) is 0 Å². The van der Waals surface area contributed by atoms with Crippen LogP contribution >= 0.6 is 0 Å². The van der Waals surface area contributed by atoms with Gasteiger partial charge in [0.05, 0.1) is 36.7 Å². The van der Waals surface area contributed by atoms with Crippen LogP contribution in [0.15, 0.2) is 0 Å². The molecule has 3 fully saturated rings. The third-order valence-corrected chi connectivity index (χ3v) is 3.82. The van der Waals surface area contributed by atoms with Crippen LogP contribution in [-0.2, 0) is 14.3 Å². The van der Waals surface area contributed by atoms with Gasteiger partial charge in [-0.3, -0.25) is 14.5 Å². The summed E-state index contributed by atoms with van der Waals surface area (Å²) in [6.45, 7) is 1.70. The van der Waals surface area contributed by atoms with Crippen molar-refractivity contribution in [1.82, 2.24) is 4.90 Å². The Hall–Kier alpha value is -0.940. The van der Waals surface area contributed by atoms with Crippen LogP contribution in [0.3, 0.4) is 0 Å². The molecule has 0 aliphatic carbocycles. The van der Waals surface area contributed by atoms with Crippen LogP contribution < -0.4 is 0 Å². The summed E-state index contributed by atoms with van der Waals surface area (Å²) in [5, 5.41) is 9.28. The molecule has 16 heavy (non-hydrogen) atoms. The molecule has 1 N–H and O–H groups in total. The number of carbonyl (C=O) groups is 2. The fraction of sp³-hybridized carbons (Fsp3) is 0.818. The van der Waals surface area contributed by atoms with Gasteiger partial charge < -0.3 is 9.84 Å². The quantitative estimate of drug-likeness (QED) is 0.645. The Balaban J connectivity index is 1.86. The normalized spacial score (nSPS) is 43.0. The lowest BCUT2D eigenvalue weighted by Crippen LogP contribution is -2.38. The smallest absolute Gasteiger partial charge is 0.235 e. The van der Waals surface area contributed by atoms with Crippen LogP contribution in [0.4, 0.5) is 0 Å². The van der Waals surface area contributed by atoms with Gasteiger partial charge in [-0.25, -0.2) is 0 Å². The molecule has 3 saturated heterocycles. The van der Waals surface area contributed by atoms with Crippen molar-refractivity contribution in [2.45, 2.75) is 38.1 Å². The third kappa shape index (κ3) is 1.18. The summed E-state index contributed by atoms with van der Waals surface area (Å²) in [4.78, 5) is 25.3. The van der Waals surface area contributed by atoms with E-state index in [-0.39, 0.29) is 42.4 Å². The second-order valence-corrected chi connectivity index (χ2v) is 4.98. The summed E-state index contributed by atoms with van der Waals surface area (Å²) in [6, 6.07) is 0. The van der Waals surface area contributed by atoms with Gasteiger partial charge in [0.15, 0.2) is 0 Å². The first-order chi connectivity index (χ1) is 7.59. The van der Waals surface area contributed by atoms with Gasteiger partial charge in [-0.1, -0.05) is 0 Å². The Kier molecular flexibility index (Phi) is 2.09. The summed E-state index contributed by atoms with van der Waals surface area (Å²) < 4.78 is 5.60. The monoisotopic (exact) mass is 225 g/mol. The zero-order chi connectivity index (χ0) is 11.4. The maximum Gasteiger partial charge on any atom is 0.235 e. The second kappa shape index (κ2) is 3.28. The molecule has 5 heteroatoms. The van der Waals surface area contributed by atoms with Crippen LogP contribution in [0.1, 0.15) is 19.8 Å². The summed E-state index contributed by atoms with van der Waals surface area (Å²) in [6.07, 6.45) is 0.974. The number of hydrogen-bond acceptors (Lipinski definition) is 4. The molecule has 5 nitrogen and oxygen atoms in total. The average Bonchev–Trinajstić information content (AvgIpc) is 2.87. The number of nitrogens with zero attached hydrogens (tertiary/aromatic N) is 1. The summed E-state index contributed by atoms with van der Waals surface area (Å²) in [7, 11) is 0. The SMILES string of the molecule is CC(O)CN1C(=O)C2C3CCC(O3)C2C1=O. The second-order valence-electron chi connectivity index (χ2n) is 4.98. The van der Waals surface area contributed by atoms with Crippen molar-refractivity contribution in [1.29, 1.82) is 0 Å². The van der Waals surface area contributed by atoms with Gasteiger partial charge in [-0.2, -0.15) is 0 Å². The van der Waals surface area contributed by atoms with Crippen molar-refractivity contribution < 1.29 is 19.4 Å². The Morgan fingerprint density at radius 3 is 2.25 bits per heavy atom. The minimum absolute atomic E-state index is 0.0644. The summed E-state index contributed by atoms with van der Waals surface area (Å²) in [5.74, 6) is -0.846. The van der Waals surface area contributed by atoms with E-state index >= 15 is 0 Å². The molecule has 5 unspecified atom stereocenters. The number of aliphatic hydroxyl groups excluding tert-OH is 1. The minimum Gasteiger partial charge on any atom is -0.392 e. The average molecular weight is 225 g/mol. The van der Waals surface area contributed by atoms with Crippen molar-refractivity contribution in [2.75, 3.05) is 6.54 Å². The highest BCUT2D eigenvalue weighted by Crippen LogP contribution is 2.48. The molecule has 3 aliphatic heterocycles. The highest BCUT2D eigenvalue weighted by Gasteiger charge is 2.62. The first kappa shape index (κ1) is 10.2. The number of β-amino-alcohol motifs (C(OH)–C–C–N with tert-alkyl or cyclic N) is 1. The fourth-order valence-corrected chi connectivity index (χ4v) is 3.22. The number of hydrogen-bond donors (Lipinski definition) is 1. The lowest BCUT2D eigenvalue weighted by atomic mass is 9.81. The molecule has 0 saturated carbocycles. The van der Waals surface area contributed by atoms with Crippen LogP contribution in [0.5, 0.6) is 0 Å². The van der Waals surface area contributed by atoms with Crippen LogP contribution in [-0.4, -0.2) is 46.7 Å². The molecule has 2 bridgehead atoms. The standard InChI is InChI=1S/C11H15NO4/c1-5(13)4-12-10(14)8-6-2-3-7(16-6)9(8)11(12)15/h5-9,13H,2-4H2,1H3. The van der Waals surface area contributed by atoms with E-state index in [0.717, 1.165) is 12.8 Å². The van der Waals surface area contributed by atoms with Gasteiger partial charge in [0.25, 0.3) is 0 Å². The molecule has 0 radical (unpaired) electrons. The molecule has 0 aromatic heterocycles.